The van der Waals surface area contributed by atoms with Crippen molar-refractivity contribution in [3.05, 3.63) is 0 Å². The van der Waals surface area contributed by atoms with Crippen molar-refractivity contribution in [2.45, 2.75) is 40.9 Å². The summed E-state index contributed by atoms with van der Waals surface area (Å²) in [5, 5.41) is 0. The molecule has 4 nitrogen and oxygen atoms in total. The maximum atomic E-state index is 10.5. The standard InChI is InChI=1S/C9H19NO.C4H10O2/c1-8(2)5-10(7-11)6-9(3)4;1-4(5-2)6-3/h7-9H,5-6H2,1-4H3;4H,1-3H3. The molecule has 0 aromatic heterocycles. The molecule has 0 fully saturated rings. The zero-order valence-corrected chi connectivity index (χ0v) is 12.4. The van der Waals surface area contributed by atoms with Crippen LogP contribution in [0.5, 0.6) is 0 Å². The second kappa shape index (κ2) is 11.9. The number of amides is 1. The molecular weight excluding hydrogens is 218 g/mol. The molecule has 0 unspecified atom stereocenters. The zero-order chi connectivity index (χ0) is 13.8. The van der Waals surface area contributed by atoms with E-state index < -0.39 is 0 Å². The second-order valence-electron chi connectivity index (χ2n) is 4.89. The van der Waals surface area contributed by atoms with Crippen LogP contribution in [-0.4, -0.2) is 44.9 Å². The minimum Gasteiger partial charge on any atom is -0.356 e. The van der Waals surface area contributed by atoms with Crippen LogP contribution in [0.3, 0.4) is 0 Å². The van der Waals surface area contributed by atoms with Crippen LogP contribution in [0.2, 0.25) is 0 Å². The first-order valence-electron chi connectivity index (χ1n) is 6.12. The highest BCUT2D eigenvalue weighted by molar-refractivity contribution is 5.46. The lowest BCUT2D eigenvalue weighted by Gasteiger charge is -2.21. The molecule has 0 saturated heterocycles. The van der Waals surface area contributed by atoms with E-state index in [9.17, 15) is 4.79 Å². The Morgan fingerprint density at radius 2 is 1.29 bits per heavy atom. The average molecular weight is 247 g/mol. The van der Waals surface area contributed by atoms with Crippen molar-refractivity contribution in [2.24, 2.45) is 11.8 Å². The average Bonchev–Trinajstić information content (AvgIpc) is 2.26. The van der Waals surface area contributed by atoms with Crippen molar-refractivity contribution in [1.82, 2.24) is 4.90 Å². The van der Waals surface area contributed by atoms with E-state index in [1.807, 2.05) is 11.8 Å². The Morgan fingerprint density at radius 1 is 0.941 bits per heavy atom. The second-order valence-corrected chi connectivity index (χ2v) is 4.89. The molecule has 4 heteroatoms. The van der Waals surface area contributed by atoms with E-state index in [1.165, 1.54) is 0 Å². The van der Waals surface area contributed by atoms with Crippen LogP contribution in [0.15, 0.2) is 0 Å². The normalized spacial score (nSPS) is 10.5. The quantitative estimate of drug-likeness (QED) is 0.512. The van der Waals surface area contributed by atoms with Gasteiger partial charge in [0.2, 0.25) is 6.41 Å². The lowest BCUT2D eigenvalue weighted by molar-refractivity contribution is -0.119. The molecule has 0 spiro atoms. The van der Waals surface area contributed by atoms with Crippen LogP contribution in [0.25, 0.3) is 0 Å². The summed E-state index contributed by atoms with van der Waals surface area (Å²) in [5.74, 6) is 1.14. The maximum absolute atomic E-state index is 10.5. The monoisotopic (exact) mass is 247 g/mol. The van der Waals surface area contributed by atoms with Gasteiger partial charge < -0.3 is 14.4 Å². The lowest BCUT2D eigenvalue weighted by atomic mass is 10.1. The van der Waals surface area contributed by atoms with Gasteiger partial charge in [-0.3, -0.25) is 4.79 Å². The largest absolute Gasteiger partial charge is 0.356 e. The number of carbonyl (C=O) groups excluding carboxylic acids is 1. The van der Waals surface area contributed by atoms with Crippen molar-refractivity contribution in [3.8, 4) is 0 Å². The SMILES string of the molecule is CC(C)CN(C=O)CC(C)C.COC(C)OC. The van der Waals surface area contributed by atoms with Crippen molar-refractivity contribution in [1.29, 1.82) is 0 Å². The van der Waals surface area contributed by atoms with Crippen LogP contribution < -0.4 is 0 Å². The van der Waals surface area contributed by atoms with E-state index >= 15 is 0 Å². The predicted molar refractivity (Wildman–Crippen MR) is 70.8 cm³/mol. The molecule has 0 aliphatic heterocycles. The highest BCUT2D eigenvalue weighted by atomic mass is 16.7. The first-order chi connectivity index (χ1) is 7.87. The summed E-state index contributed by atoms with van der Waals surface area (Å²) in [6.45, 7) is 12.1. The molecule has 104 valence electrons. The summed E-state index contributed by atoms with van der Waals surface area (Å²) in [5.41, 5.74) is 0. The third kappa shape index (κ3) is 15.4. The van der Waals surface area contributed by atoms with Crippen molar-refractivity contribution in [3.63, 3.8) is 0 Å². The molecular formula is C13H29NO3. The molecule has 17 heavy (non-hydrogen) atoms. The summed E-state index contributed by atoms with van der Waals surface area (Å²) >= 11 is 0. The van der Waals surface area contributed by atoms with Gasteiger partial charge in [0.1, 0.15) is 0 Å². The van der Waals surface area contributed by atoms with Gasteiger partial charge in [-0.05, 0) is 18.8 Å². The Hall–Kier alpha value is -0.610. The minimum absolute atomic E-state index is 0.0648. The van der Waals surface area contributed by atoms with Crippen LogP contribution in [-0.2, 0) is 14.3 Å². The topological polar surface area (TPSA) is 38.8 Å². The first-order valence-corrected chi connectivity index (χ1v) is 6.12. The molecule has 0 bridgehead atoms. The van der Waals surface area contributed by atoms with Gasteiger partial charge in [-0.1, -0.05) is 27.7 Å². The van der Waals surface area contributed by atoms with Crippen molar-refractivity contribution < 1.29 is 14.3 Å². The van der Waals surface area contributed by atoms with E-state index in [4.69, 9.17) is 0 Å². The molecule has 0 aromatic rings. The number of rotatable bonds is 7. The third-order valence-electron chi connectivity index (χ3n) is 2.01. The number of carbonyl (C=O) groups is 1. The number of hydrogen-bond donors (Lipinski definition) is 0. The molecule has 0 aliphatic carbocycles. The summed E-state index contributed by atoms with van der Waals surface area (Å²) in [4.78, 5) is 12.3. The van der Waals surface area contributed by atoms with Gasteiger partial charge in [0.25, 0.3) is 0 Å². The molecule has 0 radical (unpaired) electrons. The van der Waals surface area contributed by atoms with Gasteiger partial charge in [-0.15, -0.1) is 0 Å². The van der Waals surface area contributed by atoms with Crippen LogP contribution in [0, 0.1) is 11.8 Å². The first kappa shape index (κ1) is 18.7. The van der Waals surface area contributed by atoms with E-state index in [2.05, 4.69) is 37.2 Å². The summed E-state index contributed by atoms with van der Waals surface area (Å²) in [6.07, 6.45) is 0.880. The van der Waals surface area contributed by atoms with Gasteiger partial charge in [0.05, 0.1) is 0 Å². The fourth-order valence-electron chi connectivity index (χ4n) is 1.19. The Bertz CT molecular complexity index is 158. The molecule has 0 aliphatic rings. The molecule has 0 aromatic carbocycles. The predicted octanol–water partition coefficient (Wildman–Crippen LogP) is 2.38. The number of hydrogen-bond acceptors (Lipinski definition) is 3. The van der Waals surface area contributed by atoms with Gasteiger partial charge in [0, 0.05) is 27.3 Å². The third-order valence-corrected chi connectivity index (χ3v) is 2.01. The van der Waals surface area contributed by atoms with E-state index in [1.54, 1.807) is 14.2 Å². The van der Waals surface area contributed by atoms with E-state index in [0.29, 0.717) is 11.8 Å². The maximum Gasteiger partial charge on any atom is 0.209 e. The van der Waals surface area contributed by atoms with Crippen LogP contribution in [0.4, 0.5) is 0 Å². The number of nitrogens with zero attached hydrogens (tertiary/aromatic N) is 1. The minimum atomic E-state index is -0.0648. The summed E-state index contributed by atoms with van der Waals surface area (Å²) < 4.78 is 9.35. The highest BCUT2D eigenvalue weighted by Crippen LogP contribution is 2.00. The Morgan fingerprint density at radius 3 is 1.41 bits per heavy atom. The lowest BCUT2D eigenvalue weighted by Crippen LogP contribution is -2.29. The fourth-order valence-corrected chi connectivity index (χ4v) is 1.19. The summed E-state index contributed by atoms with van der Waals surface area (Å²) in [7, 11) is 3.21. The molecule has 0 heterocycles. The Balaban J connectivity index is 0. The van der Waals surface area contributed by atoms with Gasteiger partial charge in [0.15, 0.2) is 6.29 Å². The molecule has 0 rings (SSSR count). The number of ether oxygens (including phenoxy) is 2. The van der Waals surface area contributed by atoms with Crippen molar-refractivity contribution >= 4 is 6.41 Å². The molecule has 0 N–H and O–H groups in total. The Kier molecular flexibility index (Phi) is 13.1. The highest BCUT2D eigenvalue weighted by Gasteiger charge is 2.05. The summed E-state index contributed by atoms with van der Waals surface area (Å²) in [6, 6.07) is 0. The van der Waals surface area contributed by atoms with Gasteiger partial charge in [-0.2, -0.15) is 0 Å². The molecule has 0 atom stereocenters. The molecule has 0 saturated carbocycles. The van der Waals surface area contributed by atoms with Crippen molar-refractivity contribution in [2.75, 3.05) is 27.3 Å². The van der Waals surface area contributed by atoms with Gasteiger partial charge in [-0.25, -0.2) is 0 Å². The zero-order valence-electron chi connectivity index (χ0n) is 12.4. The fraction of sp³-hybridized carbons (Fsp3) is 0.923. The Labute approximate surface area is 106 Å². The van der Waals surface area contributed by atoms with E-state index in [0.717, 1.165) is 19.5 Å². The van der Waals surface area contributed by atoms with E-state index in [-0.39, 0.29) is 6.29 Å². The van der Waals surface area contributed by atoms with Gasteiger partial charge >= 0.3 is 0 Å². The smallest absolute Gasteiger partial charge is 0.209 e. The van der Waals surface area contributed by atoms with Crippen LogP contribution in [0.1, 0.15) is 34.6 Å². The van der Waals surface area contributed by atoms with Crippen LogP contribution >= 0.6 is 0 Å². The molecule has 1 amide bonds. The number of methoxy groups -OCH3 is 2.